The normalized spacial score (nSPS) is 13.7. The summed E-state index contributed by atoms with van der Waals surface area (Å²) in [5, 5.41) is 0. The zero-order valence-corrected chi connectivity index (χ0v) is 12.4. The Morgan fingerprint density at radius 1 is 0.909 bits per heavy atom. The maximum atomic E-state index is 12.6. The van der Waals surface area contributed by atoms with Gasteiger partial charge in [0, 0.05) is 23.1 Å². The molecule has 0 atom stereocenters. The Balaban J connectivity index is 2.44. The number of ketones is 2. The molecule has 0 amide bonds. The molecule has 0 unspecified atom stereocenters. The van der Waals surface area contributed by atoms with Gasteiger partial charge in [0.2, 0.25) is 0 Å². The minimum Gasteiger partial charge on any atom is -0.398 e. The summed E-state index contributed by atoms with van der Waals surface area (Å²) in [5.74, 6) is -0.936. The third-order valence-electron chi connectivity index (χ3n) is 3.63. The molecule has 0 saturated carbocycles. The SMILES string of the molecule is CS(=O)(=O)c1cc(N)c2c(c1N)C(=O)c1ccccc1C2=O. The van der Waals surface area contributed by atoms with E-state index in [-0.39, 0.29) is 38.5 Å². The van der Waals surface area contributed by atoms with Crippen molar-refractivity contribution in [2.45, 2.75) is 4.90 Å². The number of nitrogens with two attached hydrogens (primary N) is 2. The predicted octanol–water partition coefficient (Wildman–Crippen LogP) is 1.03. The van der Waals surface area contributed by atoms with Crippen LogP contribution in [0.25, 0.3) is 0 Å². The van der Waals surface area contributed by atoms with E-state index in [1.165, 1.54) is 12.1 Å². The van der Waals surface area contributed by atoms with Crippen molar-refractivity contribution in [3.63, 3.8) is 0 Å². The van der Waals surface area contributed by atoms with Gasteiger partial charge in [-0.05, 0) is 6.07 Å². The van der Waals surface area contributed by atoms with E-state index in [0.29, 0.717) is 0 Å². The molecule has 6 nitrogen and oxygen atoms in total. The maximum absolute atomic E-state index is 12.6. The van der Waals surface area contributed by atoms with E-state index in [1.807, 2.05) is 0 Å². The molecule has 3 rings (SSSR count). The van der Waals surface area contributed by atoms with Crippen LogP contribution in [0.4, 0.5) is 11.4 Å². The Hall–Kier alpha value is -2.67. The van der Waals surface area contributed by atoms with Crippen molar-refractivity contribution in [2.75, 3.05) is 17.7 Å². The molecule has 0 spiro atoms. The molecule has 0 fully saturated rings. The van der Waals surface area contributed by atoms with Crippen LogP contribution in [-0.4, -0.2) is 26.2 Å². The van der Waals surface area contributed by atoms with Crippen LogP contribution >= 0.6 is 0 Å². The van der Waals surface area contributed by atoms with Crippen LogP contribution in [0.5, 0.6) is 0 Å². The van der Waals surface area contributed by atoms with Crippen LogP contribution < -0.4 is 11.5 Å². The van der Waals surface area contributed by atoms with Crippen LogP contribution in [0.15, 0.2) is 35.2 Å². The largest absolute Gasteiger partial charge is 0.398 e. The van der Waals surface area contributed by atoms with Crippen molar-refractivity contribution in [1.29, 1.82) is 0 Å². The second-order valence-electron chi connectivity index (χ2n) is 5.10. The van der Waals surface area contributed by atoms with Gasteiger partial charge in [-0.1, -0.05) is 24.3 Å². The summed E-state index contributed by atoms with van der Waals surface area (Å²) in [6.45, 7) is 0. The molecule has 1 aliphatic carbocycles. The number of rotatable bonds is 1. The molecular formula is C15H12N2O4S. The fourth-order valence-electron chi connectivity index (χ4n) is 2.63. The van der Waals surface area contributed by atoms with Gasteiger partial charge in [-0.3, -0.25) is 9.59 Å². The summed E-state index contributed by atoms with van der Waals surface area (Å²) in [6.07, 6.45) is 0.966. The zero-order valence-electron chi connectivity index (χ0n) is 11.6. The van der Waals surface area contributed by atoms with Crippen molar-refractivity contribution >= 4 is 32.8 Å². The Morgan fingerprint density at radius 3 is 1.91 bits per heavy atom. The van der Waals surface area contributed by atoms with E-state index in [4.69, 9.17) is 11.5 Å². The minimum atomic E-state index is -3.68. The topological polar surface area (TPSA) is 120 Å². The molecule has 2 aromatic carbocycles. The van der Waals surface area contributed by atoms with Gasteiger partial charge in [0.1, 0.15) is 0 Å². The minimum absolute atomic E-state index is 0.0337. The van der Waals surface area contributed by atoms with Gasteiger partial charge in [-0.2, -0.15) is 0 Å². The lowest BCUT2D eigenvalue weighted by Crippen LogP contribution is -2.25. The van der Waals surface area contributed by atoms with Gasteiger partial charge < -0.3 is 11.5 Å². The Kier molecular flexibility index (Phi) is 2.86. The molecule has 0 aliphatic heterocycles. The molecular weight excluding hydrogens is 304 g/mol. The molecule has 2 aromatic rings. The predicted molar refractivity (Wildman–Crippen MR) is 81.7 cm³/mol. The lowest BCUT2D eigenvalue weighted by atomic mass is 9.82. The third-order valence-corrected chi connectivity index (χ3v) is 4.77. The van der Waals surface area contributed by atoms with Crippen LogP contribution in [0, 0.1) is 0 Å². The molecule has 0 saturated heterocycles. The average Bonchev–Trinajstić information content (AvgIpc) is 2.45. The maximum Gasteiger partial charge on any atom is 0.196 e. The summed E-state index contributed by atoms with van der Waals surface area (Å²) >= 11 is 0. The van der Waals surface area contributed by atoms with Gasteiger partial charge >= 0.3 is 0 Å². The third kappa shape index (κ3) is 1.82. The van der Waals surface area contributed by atoms with Gasteiger partial charge in [0.15, 0.2) is 21.4 Å². The first-order valence-electron chi connectivity index (χ1n) is 6.34. The number of anilines is 2. The van der Waals surface area contributed by atoms with E-state index in [0.717, 1.165) is 12.3 Å². The smallest absolute Gasteiger partial charge is 0.196 e. The number of benzene rings is 2. The fourth-order valence-corrected chi connectivity index (χ4v) is 3.47. The van der Waals surface area contributed by atoms with Crippen LogP contribution in [0.1, 0.15) is 31.8 Å². The first-order chi connectivity index (χ1) is 10.2. The fraction of sp³-hybridized carbons (Fsp3) is 0.0667. The number of nitrogen functional groups attached to an aromatic ring is 2. The average molecular weight is 316 g/mol. The van der Waals surface area contributed by atoms with E-state index < -0.39 is 21.4 Å². The highest BCUT2D eigenvalue weighted by Crippen LogP contribution is 2.37. The molecule has 4 N–H and O–H groups in total. The van der Waals surface area contributed by atoms with Crippen molar-refractivity contribution in [3.8, 4) is 0 Å². The molecule has 112 valence electrons. The van der Waals surface area contributed by atoms with Gasteiger partial charge in [-0.15, -0.1) is 0 Å². The lowest BCUT2D eigenvalue weighted by Gasteiger charge is -2.21. The molecule has 7 heteroatoms. The molecule has 1 aliphatic rings. The second-order valence-corrected chi connectivity index (χ2v) is 7.09. The monoisotopic (exact) mass is 316 g/mol. The van der Waals surface area contributed by atoms with Crippen LogP contribution in [-0.2, 0) is 9.84 Å². The molecule has 0 radical (unpaired) electrons. The summed E-state index contributed by atoms with van der Waals surface area (Å²) in [6, 6.07) is 7.41. The Bertz CT molecular complexity index is 962. The number of fused-ring (bicyclic) bond motifs is 2. The van der Waals surface area contributed by atoms with Gasteiger partial charge in [0.05, 0.1) is 21.7 Å². The molecule has 22 heavy (non-hydrogen) atoms. The molecule has 0 bridgehead atoms. The highest BCUT2D eigenvalue weighted by atomic mass is 32.2. The summed E-state index contributed by atoms with van der Waals surface area (Å²) in [7, 11) is -3.68. The van der Waals surface area contributed by atoms with Gasteiger partial charge in [0.25, 0.3) is 0 Å². The summed E-state index contributed by atoms with van der Waals surface area (Å²) in [5.41, 5.74) is 11.6. The van der Waals surface area contributed by atoms with Crippen LogP contribution in [0.3, 0.4) is 0 Å². The number of carbonyl (C=O) groups excluding carboxylic acids is 2. The quantitative estimate of drug-likeness (QED) is 0.647. The second kappa shape index (κ2) is 4.41. The Morgan fingerprint density at radius 2 is 1.41 bits per heavy atom. The van der Waals surface area contributed by atoms with E-state index in [1.54, 1.807) is 12.1 Å². The first kappa shape index (κ1) is 14.3. The zero-order chi connectivity index (χ0) is 16.2. The summed E-state index contributed by atoms with van der Waals surface area (Å²) < 4.78 is 23.6. The number of hydrogen-bond acceptors (Lipinski definition) is 6. The number of sulfone groups is 1. The van der Waals surface area contributed by atoms with E-state index >= 15 is 0 Å². The first-order valence-corrected chi connectivity index (χ1v) is 8.23. The molecule has 0 heterocycles. The van der Waals surface area contributed by atoms with Gasteiger partial charge in [-0.25, -0.2) is 8.42 Å². The standard InChI is InChI=1S/C15H12N2O4S/c1-22(20,21)10-6-9(16)11-12(13(10)17)15(19)8-5-3-2-4-7(8)14(11)18/h2-6H,16-17H2,1H3. The highest BCUT2D eigenvalue weighted by Gasteiger charge is 2.35. The highest BCUT2D eigenvalue weighted by molar-refractivity contribution is 7.90. The molecule has 0 aromatic heterocycles. The lowest BCUT2D eigenvalue weighted by molar-refractivity contribution is 0.0980. The van der Waals surface area contributed by atoms with Crippen molar-refractivity contribution in [1.82, 2.24) is 0 Å². The van der Waals surface area contributed by atoms with Crippen molar-refractivity contribution in [2.24, 2.45) is 0 Å². The van der Waals surface area contributed by atoms with Crippen LogP contribution in [0.2, 0.25) is 0 Å². The number of hydrogen-bond donors (Lipinski definition) is 2. The van der Waals surface area contributed by atoms with Crippen molar-refractivity contribution < 1.29 is 18.0 Å². The summed E-state index contributed by atoms with van der Waals surface area (Å²) in [4.78, 5) is 24.9. The van der Waals surface area contributed by atoms with E-state index in [9.17, 15) is 18.0 Å². The van der Waals surface area contributed by atoms with E-state index in [2.05, 4.69) is 0 Å². The Labute approximate surface area is 126 Å². The van der Waals surface area contributed by atoms with Crippen molar-refractivity contribution in [3.05, 3.63) is 52.6 Å². The number of carbonyl (C=O) groups is 2.